The van der Waals surface area contributed by atoms with E-state index in [1.165, 1.54) is 0 Å². The molecule has 0 aliphatic carbocycles. The average molecular weight is 229 g/mol. The van der Waals surface area contributed by atoms with Crippen LogP contribution in [0.25, 0.3) is 0 Å². The molecule has 4 nitrogen and oxygen atoms in total. The van der Waals surface area contributed by atoms with Crippen molar-refractivity contribution in [2.24, 2.45) is 0 Å². The molecular weight excluding hydrogens is 214 g/mol. The lowest BCUT2D eigenvalue weighted by Crippen LogP contribution is -2.06. The van der Waals surface area contributed by atoms with Crippen LogP contribution in [-0.4, -0.2) is 26.7 Å². The van der Waals surface area contributed by atoms with E-state index < -0.39 is 16.0 Å². The largest absolute Gasteiger partial charge is 0.395 e. The number of benzene rings is 1. The molecule has 0 amide bonds. The molecule has 5 heteroatoms. The summed E-state index contributed by atoms with van der Waals surface area (Å²) in [5.41, 5.74) is 1.48. The monoisotopic (exact) mass is 229 g/mol. The number of hydrogen-bond donors (Lipinski definition) is 3. The van der Waals surface area contributed by atoms with Crippen LogP contribution in [0.2, 0.25) is 0 Å². The second-order valence-electron chi connectivity index (χ2n) is 3.14. The minimum atomic E-state index is -2.64. The molecule has 1 aromatic rings. The van der Waals surface area contributed by atoms with Gasteiger partial charge >= 0.3 is 0 Å². The zero-order chi connectivity index (χ0) is 11.3. The number of anilines is 1. The van der Waals surface area contributed by atoms with Crippen LogP contribution in [0.15, 0.2) is 24.3 Å². The third-order valence-electron chi connectivity index (χ3n) is 2.08. The molecule has 0 fully saturated rings. The number of aliphatic hydroxyl groups is 1. The van der Waals surface area contributed by atoms with Crippen LogP contribution >= 0.6 is 0 Å². The summed E-state index contributed by atoms with van der Waals surface area (Å²) in [5.74, 6) is 0. The van der Waals surface area contributed by atoms with Gasteiger partial charge in [-0.2, -0.15) is 0 Å². The Morgan fingerprint density at radius 1 is 1.47 bits per heavy atom. The Hall–Kier alpha value is -1.07. The molecule has 0 saturated heterocycles. The highest BCUT2D eigenvalue weighted by Gasteiger charge is 2.13. The molecular formula is C10H15NO3S. The molecule has 1 unspecified atom stereocenters. The van der Waals surface area contributed by atoms with E-state index in [2.05, 4.69) is 5.32 Å². The third-order valence-corrected chi connectivity index (χ3v) is 3.05. The van der Waals surface area contributed by atoms with Crippen LogP contribution in [0.1, 0.15) is 17.7 Å². The predicted octanol–water partition coefficient (Wildman–Crippen LogP) is 0.763. The van der Waals surface area contributed by atoms with Crippen molar-refractivity contribution in [1.82, 2.24) is 0 Å². The van der Waals surface area contributed by atoms with E-state index >= 15 is 0 Å². The summed E-state index contributed by atoms with van der Waals surface area (Å²) in [6.07, 6.45) is 0. The Labute approximate surface area is 90.9 Å². The van der Waals surface area contributed by atoms with Gasteiger partial charge in [-0.15, -0.1) is 0 Å². The van der Waals surface area contributed by atoms with Gasteiger partial charge in [0.15, 0.2) is 0 Å². The van der Waals surface area contributed by atoms with E-state index in [4.69, 9.17) is 5.11 Å². The molecule has 0 aliphatic heterocycles. The molecule has 0 aliphatic rings. The van der Waals surface area contributed by atoms with E-state index in [-0.39, 0.29) is 6.61 Å². The number of nitrogens with one attached hydrogen (secondary N) is 1. The van der Waals surface area contributed by atoms with Crippen molar-refractivity contribution in [3.05, 3.63) is 29.8 Å². The summed E-state index contributed by atoms with van der Waals surface area (Å²) in [7, 11) is -2.64. The van der Waals surface area contributed by atoms with E-state index in [9.17, 15) is 8.42 Å². The van der Waals surface area contributed by atoms with Crippen molar-refractivity contribution in [2.75, 3.05) is 18.5 Å². The van der Waals surface area contributed by atoms with E-state index in [0.717, 1.165) is 12.2 Å². The first-order chi connectivity index (χ1) is 7.19. The van der Waals surface area contributed by atoms with Crippen molar-refractivity contribution >= 4 is 16.4 Å². The van der Waals surface area contributed by atoms with Crippen molar-refractivity contribution in [3.63, 3.8) is 0 Å². The van der Waals surface area contributed by atoms with Gasteiger partial charge in [-0.25, -0.2) is 8.42 Å². The van der Waals surface area contributed by atoms with E-state index in [1.807, 2.05) is 13.0 Å². The van der Waals surface area contributed by atoms with Gasteiger partial charge in [-0.1, -0.05) is 12.1 Å². The van der Waals surface area contributed by atoms with Gasteiger partial charge in [0, 0.05) is 12.2 Å². The zero-order valence-corrected chi connectivity index (χ0v) is 9.41. The molecule has 15 heavy (non-hydrogen) atoms. The SMILES string of the molecule is CCNc1cccc(C(CO)[SH](=O)=O)c1. The lowest BCUT2D eigenvalue weighted by molar-refractivity contribution is 0.293. The van der Waals surface area contributed by atoms with Crippen LogP contribution in [0.3, 0.4) is 0 Å². The minimum Gasteiger partial charge on any atom is -0.395 e. The van der Waals surface area contributed by atoms with Crippen molar-refractivity contribution in [2.45, 2.75) is 12.2 Å². The first-order valence-corrected chi connectivity index (χ1v) is 6.02. The molecule has 1 aromatic carbocycles. The van der Waals surface area contributed by atoms with Crippen LogP contribution in [0.4, 0.5) is 5.69 Å². The molecule has 1 atom stereocenters. The highest BCUT2D eigenvalue weighted by atomic mass is 32.2. The molecule has 84 valence electrons. The first-order valence-electron chi connectivity index (χ1n) is 4.77. The van der Waals surface area contributed by atoms with Crippen molar-refractivity contribution in [1.29, 1.82) is 0 Å². The topological polar surface area (TPSA) is 66.4 Å². The minimum absolute atomic E-state index is 0.381. The highest BCUT2D eigenvalue weighted by Crippen LogP contribution is 2.19. The van der Waals surface area contributed by atoms with Gasteiger partial charge in [-0.05, 0) is 24.6 Å². The molecule has 0 aromatic heterocycles. The van der Waals surface area contributed by atoms with Gasteiger partial charge in [0.25, 0.3) is 0 Å². The quantitative estimate of drug-likeness (QED) is 0.652. The Morgan fingerprint density at radius 2 is 2.20 bits per heavy atom. The Morgan fingerprint density at radius 3 is 2.73 bits per heavy atom. The number of rotatable bonds is 5. The molecule has 0 heterocycles. The fourth-order valence-electron chi connectivity index (χ4n) is 1.35. The van der Waals surface area contributed by atoms with Gasteiger partial charge in [-0.3, -0.25) is 0 Å². The predicted molar refractivity (Wildman–Crippen MR) is 60.7 cm³/mol. The van der Waals surface area contributed by atoms with Crippen molar-refractivity contribution < 1.29 is 13.5 Å². The Kier molecular flexibility index (Phi) is 4.58. The van der Waals surface area contributed by atoms with Gasteiger partial charge < -0.3 is 10.4 Å². The maximum Gasteiger partial charge on any atom is 0.149 e. The second kappa shape index (κ2) is 5.72. The second-order valence-corrected chi connectivity index (χ2v) is 4.33. The lowest BCUT2D eigenvalue weighted by Gasteiger charge is -2.09. The third kappa shape index (κ3) is 3.21. The van der Waals surface area contributed by atoms with Gasteiger partial charge in [0.1, 0.15) is 16.0 Å². The van der Waals surface area contributed by atoms with E-state index in [0.29, 0.717) is 5.56 Å². The summed E-state index contributed by atoms with van der Waals surface area (Å²) >= 11 is 0. The molecule has 0 spiro atoms. The fraction of sp³-hybridized carbons (Fsp3) is 0.400. The number of hydrogen-bond acceptors (Lipinski definition) is 4. The van der Waals surface area contributed by atoms with E-state index in [1.54, 1.807) is 18.2 Å². The normalized spacial score (nSPS) is 12.7. The smallest absolute Gasteiger partial charge is 0.149 e. The highest BCUT2D eigenvalue weighted by molar-refractivity contribution is 7.72. The summed E-state index contributed by atoms with van der Waals surface area (Å²) in [6, 6.07) is 7.08. The van der Waals surface area contributed by atoms with Crippen LogP contribution in [0, 0.1) is 0 Å². The zero-order valence-electron chi connectivity index (χ0n) is 8.51. The standard InChI is InChI=1S/C10H15NO3S/c1-2-11-9-5-3-4-8(6-9)10(7-12)15(13)14/h3-6,10-12,15H,2,7H2,1H3. The lowest BCUT2D eigenvalue weighted by atomic mass is 10.1. The first kappa shape index (κ1) is 12.0. The van der Waals surface area contributed by atoms with Crippen LogP contribution in [-0.2, 0) is 10.7 Å². The van der Waals surface area contributed by atoms with Crippen LogP contribution < -0.4 is 5.32 Å². The van der Waals surface area contributed by atoms with Gasteiger partial charge in [0.2, 0.25) is 0 Å². The summed E-state index contributed by atoms with van der Waals surface area (Å²) in [5, 5.41) is 11.2. The van der Waals surface area contributed by atoms with Crippen molar-refractivity contribution in [3.8, 4) is 0 Å². The molecule has 0 radical (unpaired) electrons. The molecule has 0 bridgehead atoms. The Bertz CT molecular complexity index is 382. The molecule has 2 N–H and O–H groups in total. The number of thiol groups is 1. The maximum atomic E-state index is 10.9. The summed E-state index contributed by atoms with van der Waals surface area (Å²) in [4.78, 5) is 0. The summed E-state index contributed by atoms with van der Waals surface area (Å²) < 4.78 is 21.7. The van der Waals surface area contributed by atoms with Gasteiger partial charge in [0.05, 0.1) is 6.61 Å². The maximum absolute atomic E-state index is 10.9. The number of aliphatic hydroxyl groups excluding tert-OH is 1. The average Bonchev–Trinajstić information content (AvgIpc) is 2.19. The Balaban J connectivity index is 2.97. The van der Waals surface area contributed by atoms with Crippen LogP contribution in [0.5, 0.6) is 0 Å². The molecule has 0 saturated carbocycles. The summed E-state index contributed by atoms with van der Waals surface area (Å²) in [6.45, 7) is 2.36. The fourth-order valence-corrected chi connectivity index (χ4v) is 1.89. The molecule has 1 rings (SSSR count).